The molecule has 0 aromatic rings. The van der Waals surface area contributed by atoms with Gasteiger partial charge in [-0.2, -0.15) is 5.26 Å². The number of hydrogen-bond acceptors (Lipinski definition) is 4. The molecule has 114 valence electrons. The van der Waals surface area contributed by atoms with Crippen molar-refractivity contribution in [1.82, 2.24) is 5.32 Å². The van der Waals surface area contributed by atoms with Gasteiger partial charge in [0.15, 0.2) is 5.78 Å². The molecule has 4 atom stereocenters. The summed E-state index contributed by atoms with van der Waals surface area (Å²) in [6.45, 7) is 0. The molecule has 0 aromatic heterocycles. The Morgan fingerprint density at radius 2 is 2.10 bits per heavy atom. The van der Waals surface area contributed by atoms with Gasteiger partial charge in [-0.1, -0.05) is 0 Å². The first-order chi connectivity index (χ1) is 9.73. The number of carbonyl (C=O) groups is 3. The van der Waals surface area contributed by atoms with Crippen molar-refractivity contribution >= 4 is 17.7 Å². The number of nitrogens with one attached hydrogen (secondary N) is 1. The van der Waals surface area contributed by atoms with Crippen LogP contribution in [-0.2, 0) is 14.4 Å². The van der Waals surface area contributed by atoms with E-state index in [1.807, 2.05) is 0 Å². The van der Waals surface area contributed by atoms with Crippen molar-refractivity contribution in [3.8, 4) is 6.07 Å². The lowest BCUT2D eigenvalue weighted by atomic mass is 9.87. The van der Waals surface area contributed by atoms with Crippen molar-refractivity contribution < 1.29 is 28.3 Å². The molecule has 1 aliphatic carbocycles. The molecule has 6 nitrogen and oxygen atoms in total. The highest BCUT2D eigenvalue weighted by Gasteiger charge is 2.52. The summed E-state index contributed by atoms with van der Waals surface area (Å²) < 4.78 is 26.7. The van der Waals surface area contributed by atoms with E-state index in [0.717, 1.165) is 0 Å². The first-order valence-corrected chi connectivity index (χ1v) is 6.57. The number of halogens is 2. The van der Waals surface area contributed by atoms with Crippen LogP contribution in [0.4, 0.5) is 8.78 Å². The zero-order valence-electron chi connectivity index (χ0n) is 11.0. The molecule has 0 bridgehead atoms. The van der Waals surface area contributed by atoms with Gasteiger partial charge in [0.25, 0.3) is 0 Å². The van der Waals surface area contributed by atoms with Gasteiger partial charge in [-0.3, -0.25) is 14.4 Å². The summed E-state index contributed by atoms with van der Waals surface area (Å²) in [5.74, 6) is -8.38. The second-order valence-electron chi connectivity index (χ2n) is 5.60. The zero-order valence-corrected chi connectivity index (χ0v) is 11.0. The van der Waals surface area contributed by atoms with Gasteiger partial charge in [-0.25, -0.2) is 8.78 Å². The molecule has 0 radical (unpaired) electrons. The third kappa shape index (κ3) is 3.17. The van der Waals surface area contributed by atoms with Crippen LogP contribution in [-0.4, -0.2) is 34.7 Å². The van der Waals surface area contributed by atoms with E-state index in [1.165, 1.54) is 0 Å². The third-order valence-corrected chi connectivity index (χ3v) is 4.03. The van der Waals surface area contributed by atoms with E-state index in [2.05, 4.69) is 5.32 Å². The lowest BCUT2D eigenvalue weighted by Crippen LogP contribution is -2.38. The monoisotopic (exact) mass is 300 g/mol. The van der Waals surface area contributed by atoms with Gasteiger partial charge < -0.3 is 10.4 Å². The highest BCUT2D eigenvalue weighted by molar-refractivity contribution is 5.95. The summed E-state index contributed by atoms with van der Waals surface area (Å²) in [5.41, 5.74) is 0. The third-order valence-electron chi connectivity index (χ3n) is 4.03. The van der Waals surface area contributed by atoms with E-state index in [1.54, 1.807) is 6.07 Å². The molecule has 2 aliphatic rings. The van der Waals surface area contributed by atoms with Gasteiger partial charge in [-0.05, 0) is 6.42 Å². The molecule has 21 heavy (non-hydrogen) atoms. The minimum Gasteiger partial charge on any atom is -0.481 e. The highest BCUT2D eigenvalue weighted by Crippen LogP contribution is 2.44. The van der Waals surface area contributed by atoms with Gasteiger partial charge in [0, 0.05) is 18.8 Å². The molecule has 1 heterocycles. The van der Waals surface area contributed by atoms with E-state index in [4.69, 9.17) is 10.4 Å². The maximum atomic E-state index is 13.3. The molecule has 1 amide bonds. The summed E-state index contributed by atoms with van der Waals surface area (Å²) in [7, 11) is 0. The largest absolute Gasteiger partial charge is 0.481 e. The second-order valence-corrected chi connectivity index (χ2v) is 5.60. The van der Waals surface area contributed by atoms with Gasteiger partial charge >= 0.3 is 5.97 Å². The minimum atomic E-state index is -3.05. The van der Waals surface area contributed by atoms with Gasteiger partial charge in [-0.15, -0.1) is 0 Å². The highest BCUT2D eigenvalue weighted by atomic mass is 19.3. The van der Waals surface area contributed by atoms with Gasteiger partial charge in [0.1, 0.15) is 0 Å². The SMILES string of the molecule is N#C[C@@H]1CC(F)(F)CC1C(=O)C1C[C@@H](CC(=O)O)C(=O)N1. The normalized spacial score (nSPS) is 34.2. The maximum absolute atomic E-state index is 13.3. The smallest absolute Gasteiger partial charge is 0.304 e. The topological polar surface area (TPSA) is 107 Å². The Labute approximate surface area is 119 Å². The van der Waals surface area contributed by atoms with E-state index in [0.29, 0.717) is 0 Å². The van der Waals surface area contributed by atoms with E-state index in [9.17, 15) is 23.2 Å². The predicted octanol–water partition coefficient (Wildman–Crippen LogP) is 0.720. The fourth-order valence-electron chi connectivity index (χ4n) is 3.02. The van der Waals surface area contributed by atoms with Crippen LogP contribution in [0.2, 0.25) is 0 Å². The predicted molar refractivity (Wildman–Crippen MR) is 64.1 cm³/mol. The standard InChI is InChI=1S/C13H14F2N2O4/c14-13(15)3-7(5-16)8(4-13)11(20)9-1-6(2-10(18)19)12(21)17-9/h6-9H,1-4H2,(H,17,21)(H,18,19)/t6-,7-,8?,9?/m0/s1. The molecule has 1 aliphatic heterocycles. The van der Waals surface area contributed by atoms with Crippen molar-refractivity contribution in [2.75, 3.05) is 0 Å². The van der Waals surface area contributed by atoms with Gasteiger partial charge in [0.2, 0.25) is 11.8 Å². The number of nitriles is 1. The van der Waals surface area contributed by atoms with Crippen LogP contribution in [0.3, 0.4) is 0 Å². The average Bonchev–Trinajstić information content (AvgIpc) is 2.88. The Bertz CT molecular complexity index is 529. The number of hydrogen-bond donors (Lipinski definition) is 2. The van der Waals surface area contributed by atoms with Crippen LogP contribution in [0.15, 0.2) is 0 Å². The van der Waals surface area contributed by atoms with Crippen molar-refractivity contribution in [2.45, 2.75) is 37.6 Å². The maximum Gasteiger partial charge on any atom is 0.304 e. The first-order valence-electron chi connectivity index (χ1n) is 6.57. The molecular formula is C13H14F2N2O4. The molecule has 8 heteroatoms. The van der Waals surface area contributed by atoms with Crippen LogP contribution in [0, 0.1) is 29.1 Å². The number of ketones is 1. The number of carbonyl (C=O) groups excluding carboxylic acids is 2. The Hall–Kier alpha value is -2.04. The number of carboxylic acid groups (broad SMARTS) is 1. The fourth-order valence-corrected chi connectivity index (χ4v) is 3.02. The van der Waals surface area contributed by atoms with Crippen molar-refractivity contribution in [1.29, 1.82) is 5.26 Å². The van der Waals surface area contributed by atoms with Gasteiger partial charge in [0.05, 0.1) is 30.4 Å². The lowest BCUT2D eigenvalue weighted by Gasteiger charge is -2.16. The molecular weight excluding hydrogens is 286 g/mol. The van der Waals surface area contributed by atoms with Crippen LogP contribution in [0.5, 0.6) is 0 Å². The number of Topliss-reactive ketones (excluding diaryl/α,β-unsaturated/α-hetero) is 1. The number of carboxylic acids is 1. The number of alkyl halides is 2. The number of amides is 1. The number of rotatable bonds is 4. The average molecular weight is 300 g/mol. The fraction of sp³-hybridized carbons (Fsp3) is 0.692. The Kier molecular flexibility index (Phi) is 3.94. The molecule has 0 spiro atoms. The second kappa shape index (κ2) is 5.39. The Morgan fingerprint density at radius 3 is 2.67 bits per heavy atom. The molecule has 2 N–H and O–H groups in total. The summed E-state index contributed by atoms with van der Waals surface area (Å²) in [6, 6.07) is 0.746. The minimum absolute atomic E-state index is 0.0236. The quantitative estimate of drug-likeness (QED) is 0.795. The van der Waals surface area contributed by atoms with E-state index < -0.39 is 66.6 Å². The molecule has 1 saturated heterocycles. The molecule has 2 rings (SSSR count). The lowest BCUT2D eigenvalue weighted by molar-refractivity contribution is -0.140. The first kappa shape index (κ1) is 15.4. The Morgan fingerprint density at radius 1 is 1.43 bits per heavy atom. The summed E-state index contributed by atoms with van der Waals surface area (Å²) in [5, 5.41) is 19.9. The van der Waals surface area contributed by atoms with E-state index in [-0.39, 0.29) is 6.42 Å². The Balaban J connectivity index is 2.06. The van der Waals surface area contributed by atoms with Crippen LogP contribution in [0.25, 0.3) is 0 Å². The van der Waals surface area contributed by atoms with Crippen molar-refractivity contribution in [3.05, 3.63) is 0 Å². The number of nitrogens with zero attached hydrogens (tertiary/aromatic N) is 1. The summed E-state index contributed by atoms with van der Waals surface area (Å²) >= 11 is 0. The summed E-state index contributed by atoms with van der Waals surface area (Å²) in [4.78, 5) is 34.4. The van der Waals surface area contributed by atoms with Crippen LogP contribution in [0.1, 0.15) is 25.7 Å². The van der Waals surface area contributed by atoms with Crippen LogP contribution >= 0.6 is 0 Å². The van der Waals surface area contributed by atoms with Crippen molar-refractivity contribution in [3.63, 3.8) is 0 Å². The molecule has 0 aromatic carbocycles. The van der Waals surface area contributed by atoms with Crippen LogP contribution < -0.4 is 5.32 Å². The molecule has 1 saturated carbocycles. The van der Waals surface area contributed by atoms with Crippen molar-refractivity contribution in [2.24, 2.45) is 17.8 Å². The van der Waals surface area contributed by atoms with E-state index >= 15 is 0 Å². The number of aliphatic carboxylic acids is 1. The molecule has 2 fully saturated rings. The zero-order chi connectivity index (χ0) is 15.8. The summed E-state index contributed by atoms with van der Waals surface area (Å²) in [6.07, 6.45) is -1.78. The molecule has 2 unspecified atom stereocenters.